The van der Waals surface area contributed by atoms with E-state index < -0.39 is 0 Å². The summed E-state index contributed by atoms with van der Waals surface area (Å²) in [6.07, 6.45) is 4.17. The van der Waals surface area contributed by atoms with Gasteiger partial charge in [-0.05, 0) is 24.3 Å². The van der Waals surface area contributed by atoms with Gasteiger partial charge in [-0.15, -0.1) is 10.2 Å². The second kappa shape index (κ2) is 7.36. The van der Waals surface area contributed by atoms with Crippen LogP contribution in [0.15, 0.2) is 59.8 Å². The minimum Gasteiger partial charge on any atom is -0.356 e. The Hall–Kier alpha value is -3.55. The van der Waals surface area contributed by atoms with Gasteiger partial charge < -0.3 is 5.32 Å². The maximum Gasteiger partial charge on any atom is 0.261 e. The van der Waals surface area contributed by atoms with Gasteiger partial charge in [-0.1, -0.05) is 18.2 Å². The molecular formula is C19H18N6O2. The Morgan fingerprint density at radius 3 is 2.85 bits per heavy atom. The van der Waals surface area contributed by atoms with Crippen LogP contribution in [0.3, 0.4) is 0 Å². The van der Waals surface area contributed by atoms with Gasteiger partial charge in [-0.2, -0.15) is 0 Å². The predicted octanol–water partition coefficient (Wildman–Crippen LogP) is 1.19. The second-order valence-corrected chi connectivity index (χ2v) is 6.16. The number of carbonyl (C=O) groups excluding carboxylic acids is 1. The largest absolute Gasteiger partial charge is 0.356 e. The molecule has 0 aliphatic rings. The highest BCUT2D eigenvalue weighted by molar-refractivity contribution is 5.77. The smallest absolute Gasteiger partial charge is 0.261 e. The summed E-state index contributed by atoms with van der Waals surface area (Å²) in [7, 11) is 0. The van der Waals surface area contributed by atoms with Crippen LogP contribution in [0, 0.1) is 0 Å². The van der Waals surface area contributed by atoms with Gasteiger partial charge in [0.1, 0.15) is 5.82 Å². The summed E-state index contributed by atoms with van der Waals surface area (Å²) in [5, 5.41) is 11.6. The fourth-order valence-corrected chi connectivity index (χ4v) is 2.95. The molecule has 0 fully saturated rings. The quantitative estimate of drug-likeness (QED) is 0.556. The van der Waals surface area contributed by atoms with Gasteiger partial charge in [0.25, 0.3) is 5.56 Å². The molecule has 3 aromatic heterocycles. The van der Waals surface area contributed by atoms with Gasteiger partial charge in [0.15, 0.2) is 5.65 Å². The lowest BCUT2D eigenvalue weighted by molar-refractivity contribution is -0.121. The van der Waals surface area contributed by atoms with Crippen molar-refractivity contribution in [1.82, 2.24) is 29.5 Å². The number of aromatic nitrogens is 5. The van der Waals surface area contributed by atoms with E-state index >= 15 is 0 Å². The zero-order valence-electron chi connectivity index (χ0n) is 14.6. The third-order valence-electron chi connectivity index (χ3n) is 4.37. The van der Waals surface area contributed by atoms with Crippen molar-refractivity contribution in [3.63, 3.8) is 0 Å². The van der Waals surface area contributed by atoms with Crippen LogP contribution >= 0.6 is 0 Å². The first kappa shape index (κ1) is 16.9. The van der Waals surface area contributed by atoms with Crippen molar-refractivity contribution in [2.75, 3.05) is 6.54 Å². The molecule has 0 aliphatic carbocycles. The first-order valence-corrected chi connectivity index (χ1v) is 8.72. The van der Waals surface area contributed by atoms with Gasteiger partial charge in [0.2, 0.25) is 5.91 Å². The number of hydrogen-bond acceptors (Lipinski definition) is 5. The van der Waals surface area contributed by atoms with E-state index in [9.17, 15) is 9.59 Å². The number of fused-ring (bicyclic) bond motifs is 2. The molecule has 3 heterocycles. The Labute approximate surface area is 154 Å². The highest BCUT2D eigenvalue weighted by Gasteiger charge is 2.08. The molecule has 0 atom stereocenters. The molecule has 0 saturated carbocycles. The SMILES string of the molecule is O=C(CCn1cnc2ccccc2c1=O)NCCc1nnc2ccccn12. The third kappa shape index (κ3) is 3.55. The van der Waals surface area contributed by atoms with Gasteiger partial charge in [0, 0.05) is 32.1 Å². The fraction of sp³-hybridized carbons (Fsp3) is 0.211. The van der Waals surface area contributed by atoms with Gasteiger partial charge in [-0.3, -0.25) is 18.6 Å². The van der Waals surface area contributed by atoms with E-state index in [1.807, 2.05) is 34.9 Å². The molecule has 1 amide bonds. The lowest BCUT2D eigenvalue weighted by Crippen LogP contribution is -2.29. The Balaban J connectivity index is 1.32. The van der Waals surface area contributed by atoms with Gasteiger partial charge in [0.05, 0.1) is 17.2 Å². The fourth-order valence-electron chi connectivity index (χ4n) is 2.95. The summed E-state index contributed by atoms with van der Waals surface area (Å²) in [6, 6.07) is 12.9. The molecule has 27 heavy (non-hydrogen) atoms. The Morgan fingerprint density at radius 2 is 1.93 bits per heavy atom. The van der Waals surface area contributed by atoms with Crippen LogP contribution in [-0.4, -0.2) is 36.6 Å². The van der Waals surface area contributed by atoms with E-state index in [1.54, 1.807) is 18.2 Å². The van der Waals surface area contributed by atoms with E-state index in [4.69, 9.17) is 0 Å². The number of rotatable bonds is 6. The summed E-state index contributed by atoms with van der Waals surface area (Å²) in [4.78, 5) is 28.8. The lowest BCUT2D eigenvalue weighted by atomic mass is 10.2. The number of pyridine rings is 1. The van der Waals surface area contributed by atoms with Crippen molar-refractivity contribution in [3.05, 3.63) is 71.2 Å². The van der Waals surface area contributed by atoms with Crippen molar-refractivity contribution in [3.8, 4) is 0 Å². The number of aryl methyl sites for hydroxylation is 1. The van der Waals surface area contributed by atoms with Crippen molar-refractivity contribution in [1.29, 1.82) is 0 Å². The molecule has 1 aromatic carbocycles. The molecular weight excluding hydrogens is 344 g/mol. The molecule has 0 radical (unpaired) electrons. The predicted molar refractivity (Wildman–Crippen MR) is 100 cm³/mol. The molecule has 0 unspecified atom stereocenters. The number of amides is 1. The molecule has 0 bridgehead atoms. The molecule has 4 aromatic rings. The maximum absolute atomic E-state index is 12.4. The Morgan fingerprint density at radius 1 is 1.07 bits per heavy atom. The van der Waals surface area contributed by atoms with Crippen LogP contribution in [0.4, 0.5) is 0 Å². The van der Waals surface area contributed by atoms with Crippen LogP contribution < -0.4 is 10.9 Å². The van der Waals surface area contributed by atoms with E-state index in [0.29, 0.717) is 23.9 Å². The molecule has 8 nitrogen and oxygen atoms in total. The van der Waals surface area contributed by atoms with Crippen LogP contribution in [-0.2, 0) is 17.8 Å². The summed E-state index contributed by atoms with van der Waals surface area (Å²) < 4.78 is 3.36. The normalized spacial score (nSPS) is 11.1. The molecule has 4 rings (SSSR count). The van der Waals surface area contributed by atoms with Crippen molar-refractivity contribution < 1.29 is 4.79 Å². The molecule has 8 heteroatoms. The van der Waals surface area contributed by atoms with Crippen LogP contribution in [0.2, 0.25) is 0 Å². The van der Waals surface area contributed by atoms with Crippen molar-refractivity contribution in [2.24, 2.45) is 0 Å². The molecule has 1 N–H and O–H groups in total. The molecule has 0 saturated heterocycles. The average Bonchev–Trinajstić information content (AvgIpc) is 3.11. The third-order valence-corrected chi connectivity index (χ3v) is 4.37. The van der Waals surface area contributed by atoms with Crippen LogP contribution in [0.1, 0.15) is 12.2 Å². The summed E-state index contributed by atoms with van der Waals surface area (Å²) in [5.41, 5.74) is 1.30. The molecule has 136 valence electrons. The summed E-state index contributed by atoms with van der Waals surface area (Å²) in [5.74, 6) is 0.671. The Bertz CT molecular complexity index is 1160. The summed E-state index contributed by atoms with van der Waals surface area (Å²) in [6.45, 7) is 0.746. The van der Waals surface area contributed by atoms with Crippen LogP contribution in [0.5, 0.6) is 0 Å². The van der Waals surface area contributed by atoms with E-state index in [0.717, 1.165) is 11.5 Å². The highest BCUT2D eigenvalue weighted by atomic mass is 16.1. The number of nitrogens with zero attached hydrogens (tertiary/aromatic N) is 5. The van der Waals surface area contributed by atoms with E-state index in [2.05, 4.69) is 20.5 Å². The number of para-hydroxylation sites is 1. The van der Waals surface area contributed by atoms with Gasteiger partial charge >= 0.3 is 0 Å². The Kier molecular flexibility index (Phi) is 4.61. The van der Waals surface area contributed by atoms with Crippen molar-refractivity contribution in [2.45, 2.75) is 19.4 Å². The van der Waals surface area contributed by atoms with E-state index in [1.165, 1.54) is 10.9 Å². The van der Waals surface area contributed by atoms with Crippen LogP contribution in [0.25, 0.3) is 16.6 Å². The number of nitrogens with one attached hydrogen (secondary N) is 1. The second-order valence-electron chi connectivity index (χ2n) is 6.16. The lowest BCUT2D eigenvalue weighted by Gasteiger charge is -2.07. The monoisotopic (exact) mass is 362 g/mol. The topological polar surface area (TPSA) is 94.2 Å². The first-order chi connectivity index (χ1) is 13.2. The number of benzene rings is 1. The molecule has 0 aliphatic heterocycles. The molecule has 0 spiro atoms. The minimum atomic E-state index is -0.136. The average molecular weight is 362 g/mol. The number of hydrogen-bond donors (Lipinski definition) is 1. The van der Waals surface area contributed by atoms with Gasteiger partial charge in [-0.25, -0.2) is 4.98 Å². The van der Waals surface area contributed by atoms with Crippen molar-refractivity contribution >= 4 is 22.5 Å². The highest BCUT2D eigenvalue weighted by Crippen LogP contribution is 2.05. The summed E-state index contributed by atoms with van der Waals surface area (Å²) >= 11 is 0. The van der Waals surface area contributed by atoms with E-state index in [-0.39, 0.29) is 24.4 Å². The zero-order chi connectivity index (χ0) is 18.6. The maximum atomic E-state index is 12.4. The minimum absolute atomic E-state index is 0.121. The standard InChI is InChI=1S/C19H18N6O2/c26-18(20-10-8-17-23-22-16-7-3-4-11-25(16)17)9-12-24-13-21-15-6-2-1-5-14(15)19(24)27/h1-7,11,13H,8-10,12H2,(H,20,26). The first-order valence-electron chi connectivity index (χ1n) is 8.72. The zero-order valence-corrected chi connectivity index (χ0v) is 14.6. The number of carbonyl (C=O) groups is 1.